The van der Waals surface area contributed by atoms with E-state index in [0.717, 1.165) is 12.0 Å². The maximum Gasteiger partial charge on any atom is 0.167 e. The highest BCUT2D eigenvalue weighted by Crippen LogP contribution is 2.43. The van der Waals surface area contributed by atoms with E-state index in [1.54, 1.807) is 26.0 Å². The molecule has 2 rings (SSSR count). The first-order valence-electron chi connectivity index (χ1n) is 5.49. The summed E-state index contributed by atoms with van der Waals surface area (Å²) in [5, 5.41) is 10.2. The Balaban J connectivity index is 2.32. The van der Waals surface area contributed by atoms with Crippen molar-refractivity contribution in [2.24, 2.45) is 5.41 Å². The SMILES string of the molecule is CC1=CCC[C@@](C)([C@@H](O)c2ccco2)C1=O. The number of hydrogen-bond donors (Lipinski definition) is 1. The Morgan fingerprint density at radius 1 is 1.56 bits per heavy atom. The third kappa shape index (κ3) is 1.61. The van der Waals surface area contributed by atoms with Crippen LogP contribution in [0.25, 0.3) is 0 Å². The summed E-state index contributed by atoms with van der Waals surface area (Å²) in [4.78, 5) is 12.1. The van der Waals surface area contributed by atoms with E-state index in [0.29, 0.717) is 12.2 Å². The Labute approximate surface area is 94.8 Å². The molecule has 1 aromatic rings. The molecule has 0 bridgehead atoms. The molecule has 0 unspecified atom stereocenters. The molecule has 0 aliphatic heterocycles. The first-order chi connectivity index (χ1) is 7.55. The van der Waals surface area contributed by atoms with Crippen LogP contribution in [0.3, 0.4) is 0 Å². The lowest BCUT2D eigenvalue weighted by Gasteiger charge is -2.34. The molecule has 0 saturated carbocycles. The number of allylic oxidation sites excluding steroid dienone is 2. The lowest BCUT2D eigenvalue weighted by Crippen LogP contribution is -2.37. The number of rotatable bonds is 2. The van der Waals surface area contributed by atoms with Crippen LogP contribution in [0.5, 0.6) is 0 Å². The first kappa shape index (κ1) is 11.1. The van der Waals surface area contributed by atoms with Crippen molar-refractivity contribution in [1.29, 1.82) is 0 Å². The third-order valence-electron chi connectivity index (χ3n) is 3.41. The minimum absolute atomic E-state index is 0.0163. The van der Waals surface area contributed by atoms with Gasteiger partial charge in [-0.15, -0.1) is 0 Å². The Morgan fingerprint density at radius 2 is 2.31 bits per heavy atom. The summed E-state index contributed by atoms with van der Waals surface area (Å²) in [6.45, 7) is 3.60. The molecule has 0 amide bonds. The second-order valence-electron chi connectivity index (χ2n) is 4.59. The maximum atomic E-state index is 12.1. The van der Waals surface area contributed by atoms with Gasteiger partial charge in [-0.1, -0.05) is 6.08 Å². The Hall–Kier alpha value is -1.35. The summed E-state index contributed by atoms with van der Waals surface area (Å²) in [5.41, 5.74) is -0.0178. The average Bonchev–Trinajstić information content (AvgIpc) is 2.78. The summed E-state index contributed by atoms with van der Waals surface area (Å²) < 4.78 is 5.18. The third-order valence-corrected chi connectivity index (χ3v) is 3.41. The van der Waals surface area contributed by atoms with Gasteiger partial charge in [0.1, 0.15) is 11.9 Å². The van der Waals surface area contributed by atoms with Crippen LogP contribution in [0.2, 0.25) is 0 Å². The monoisotopic (exact) mass is 220 g/mol. The molecule has 3 heteroatoms. The number of Topliss-reactive ketones (excluding diaryl/α,β-unsaturated/α-hetero) is 1. The van der Waals surface area contributed by atoms with Crippen LogP contribution in [0.4, 0.5) is 0 Å². The van der Waals surface area contributed by atoms with E-state index >= 15 is 0 Å². The van der Waals surface area contributed by atoms with Crippen molar-refractivity contribution in [2.75, 3.05) is 0 Å². The Bertz CT molecular complexity index is 416. The molecule has 16 heavy (non-hydrogen) atoms. The predicted octanol–water partition coefficient (Wildman–Crippen LogP) is 2.63. The molecule has 1 N–H and O–H groups in total. The predicted molar refractivity (Wildman–Crippen MR) is 59.8 cm³/mol. The molecule has 0 aromatic carbocycles. The van der Waals surface area contributed by atoms with E-state index in [4.69, 9.17) is 4.42 Å². The van der Waals surface area contributed by atoms with Crippen LogP contribution in [-0.4, -0.2) is 10.9 Å². The van der Waals surface area contributed by atoms with Gasteiger partial charge >= 0.3 is 0 Å². The fourth-order valence-electron chi connectivity index (χ4n) is 2.27. The molecule has 1 aliphatic carbocycles. The van der Waals surface area contributed by atoms with Gasteiger partial charge in [0.05, 0.1) is 11.7 Å². The van der Waals surface area contributed by atoms with Gasteiger partial charge in [0.25, 0.3) is 0 Å². The van der Waals surface area contributed by atoms with Gasteiger partial charge in [0.15, 0.2) is 5.78 Å². The average molecular weight is 220 g/mol. The van der Waals surface area contributed by atoms with Gasteiger partial charge in [-0.25, -0.2) is 0 Å². The number of aliphatic hydroxyl groups is 1. The molecule has 0 radical (unpaired) electrons. The van der Waals surface area contributed by atoms with E-state index in [1.165, 1.54) is 6.26 Å². The summed E-state index contributed by atoms with van der Waals surface area (Å²) >= 11 is 0. The van der Waals surface area contributed by atoms with Crippen molar-refractivity contribution in [1.82, 2.24) is 0 Å². The highest BCUT2D eigenvalue weighted by molar-refractivity contribution is 6.00. The number of furan rings is 1. The summed E-state index contributed by atoms with van der Waals surface area (Å²) in [6.07, 6.45) is 4.06. The highest BCUT2D eigenvalue weighted by atomic mass is 16.4. The van der Waals surface area contributed by atoms with E-state index in [-0.39, 0.29) is 5.78 Å². The summed E-state index contributed by atoms with van der Waals surface area (Å²) in [6, 6.07) is 3.43. The fraction of sp³-hybridized carbons (Fsp3) is 0.462. The second-order valence-corrected chi connectivity index (χ2v) is 4.59. The molecule has 86 valence electrons. The Morgan fingerprint density at radius 3 is 2.94 bits per heavy atom. The summed E-state index contributed by atoms with van der Waals surface area (Å²) in [7, 11) is 0. The van der Waals surface area contributed by atoms with E-state index in [1.807, 2.05) is 6.08 Å². The van der Waals surface area contributed by atoms with Crippen LogP contribution in [0.15, 0.2) is 34.5 Å². The van der Waals surface area contributed by atoms with Crippen molar-refractivity contribution in [3.63, 3.8) is 0 Å². The molecule has 1 heterocycles. The zero-order valence-electron chi connectivity index (χ0n) is 9.56. The van der Waals surface area contributed by atoms with Crippen molar-refractivity contribution >= 4 is 5.78 Å². The van der Waals surface area contributed by atoms with Crippen LogP contribution in [0.1, 0.15) is 38.6 Å². The van der Waals surface area contributed by atoms with Gasteiger partial charge < -0.3 is 9.52 Å². The minimum Gasteiger partial charge on any atom is -0.467 e. The largest absolute Gasteiger partial charge is 0.467 e. The zero-order chi connectivity index (χ0) is 11.8. The molecule has 3 nitrogen and oxygen atoms in total. The molecule has 2 atom stereocenters. The van der Waals surface area contributed by atoms with Crippen molar-refractivity contribution in [3.8, 4) is 0 Å². The van der Waals surface area contributed by atoms with E-state index in [2.05, 4.69) is 0 Å². The number of hydrogen-bond acceptors (Lipinski definition) is 3. The van der Waals surface area contributed by atoms with Crippen LogP contribution in [0, 0.1) is 5.41 Å². The quantitative estimate of drug-likeness (QED) is 0.833. The van der Waals surface area contributed by atoms with Gasteiger partial charge in [-0.05, 0) is 44.4 Å². The van der Waals surface area contributed by atoms with Crippen molar-refractivity contribution in [2.45, 2.75) is 32.8 Å². The first-order valence-corrected chi connectivity index (χ1v) is 5.49. The molecule has 1 aliphatic rings. The smallest absolute Gasteiger partial charge is 0.167 e. The number of ketones is 1. The van der Waals surface area contributed by atoms with E-state index < -0.39 is 11.5 Å². The topological polar surface area (TPSA) is 50.4 Å². The second kappa shape index (κ2) is 3.91. The standard InChI is InChI=1S/C13H16O3/c1-9-5-3-7-13(2,11(9)14)12(15)10-6-4-8-16-10/h4-6,8,12,15H,3,7H2,1-2H3/t12-,13+/m0/s1. The molecule has 1 aromatic heterocycles. The number of carbonyl (C=O) groups is 1. The number of carbonyl (C=O) groups excluding carboxylic acids is 1. The van der Waals surface area contributed by atoms with E-state index in [9.17, 15) is 9.90 Å². The minimum atomic E-state index is -0.862. The molecule has 0 fully saturated rings. The fourth-order valence-corrected chi connectivity index (χ4v) is 2.27. The van der Waals surface area contributed by atoms with Crippen molar-refractivity contribution in [3.05, 3.63) is 35.8 Å². The van der Waals surface area contributed by atoms with Gasteiger partial charge in [-0.2, -0.15) is 0 Å². The molecule has 0 saturated heterocycles. The molecular formula is C13H16O3. The van der Waals surface area contributed by atoms with Crippen LogP contribution < -0.4 is 0 Å². The van der Waals surface area contributed by atoms with Crippen molar-refractivity contribution < 1.29 is 14.3 Å². The highest BCUT2D eigenvalue weighted by Gasteiger charge is 2.43. The van der Waals surface area contributed by atoms with Crippen LogP contribution >= 0.6 is 0 Å². The Kier molecular flexibility index (Phi) is 2.72. The number of aliphatic hydroxyl groups excluding tert-OH is 1. The van der Waals surface area contributed by atoms with Gasteiger partial charge in [-0.3, -0.25) is 4.79 Å². The molecule has 0 spiro atoms. The molecular weight excluding hydrogens is 204 g/mol. The van der Waals surface area contributed by atoms with Gasteiger partial charge in [0, 0.05) is 0 Å². The maximum absolute atomic E-state index is 12.1. The van der Waals surface area contributed by atoms with Gasteiger partial charge in [0.2, 0.25) is 0 Å². The zero-order valence-corrected chi connectivity index (χ0v) is 9.56. The van der Waals surface area contributed by atoms with Crippen LogP contribution in [-0.2, 0) is 4.79 Å². The lowest BCUT2D eigenvalue weighted by molar-refractivity contribution is -0.132. The lowest BCUT2D eigenvalue weighted by atomic mass is 9.70. The normalized spacial score (nSPS) is 27.7. The summed E-state index contributed by atoms with van der Waals surface area (Å²) in [5.74, 6) is 0.480.